The normalized spacial score (nSPS) is 22.1. The van der Waals surface area contributed by atoms with Crippen LogP contribution in [0.15, 0.2) is 30.3 Å². The number of likely N-dealkylation sites (tertiary alicyclic amines) is 1. The number of piperidine rings is 1. The number of carbonyl (C=O) groups is 2. The summed E-state index contributed by atoms with van der Waals surface area (Å²) < 4.78 is 5.56. The molecule has 0 aromatic heterocycles. The Morgan fingerprint density at radius 1 is 1.31 bits per heavy atom. The lowest BCUT2D eigenvalue weighted by atomic mass is 9.96. The zero-order valence-corrected chi connectivity index (χ0v) is 16.3. The fourth-order valence-corrected chi connectivity index (χ4v) is 4.19. The first-order chi connectivity index (χ1) is 12.6. The van der Waals surface area contributed by atoms with Gasteiger partial charge in [-0.1, -0.05) is 18.2 Å². The second-order valence-electron chi connectivity index (χ2n) is 6.89. The maximum absolute atomic E-state index is 12.5. The summed E-state index contributed by atoms with van der Waals surface area (Å²) in [6.07, 6.45) is 4.41. The molecule has 3 rings (SSSR count). The van der Waals surface area contributed by atoms with Gasteiger partial charge in [0.1, 0.15) is 5.75 Å². The van der Waals surface area contributed by atoms with E-state index in [0.717, 1.165) is 25.0 Å². The lowest BCUT2D eigenvalue weighted by molar-refractivity contribution is -0.137. The van der Waals surface area contributed by atoms with Gasteiger partial charge in [0.2, 0.25) is 5.91 Å². The van der Waals surface area contributed by atoms with E-state index in [1.54, 1.807) is 11.8 Å². The van der Waals surface area contributed by atoms with Crippen molar-refractivity contribution in [3.8, 4) is 5.75 Å². The van der Waals surface area contributed by atoms with Crippen LogP contribution in [0.2, 0.25) is 0 Å². The molecule has 26 heavy (non-hydrogen) atoms. The minimum atomic E-state index is -0.308. The molecule has 1 spiro atoms. The summed E-state index contributed by atoms with van der Waals surface area (Å²) in [6.45, 7) is 1.32. The van der Waals surface area contributed by atoms with Gasteiger partial charge in [0, 0.05) is 33.0 Å². The van der Waals surface area contributed by atoms with Crippen LogP contribution < -0.4 is 10.1 Å². The van der Waals surface area contributed by atoms with E-state index in [1.165, 1.54) is 0 Å². The van der Waals surface area contributed by atoms with Gasteiger partial charge in [-0.3, -0.25) is 14.9 Å². The van der Waals surface area contributed by atoms with E-state index in [9.17, 15) is 9.59 Å². The van der Waals surface area contributed by atoms with Crippen molar-refractivity contribution in [3.63, 3.8) is 0 Å². The molecule has 1 N–H and O–H groups in total. The minimum absolute atomic E-state index is 0.00499. The number of likely N-dealkylation sites (N-methyl/N-ethyl adjacent to an activating group) is 1. The zero-order valence-electron chi connectivity index (χ0n) is 15.4. The van der Waals surface area contributed by atoms with E-state index >= 15 is 0 Å². The molecule has 2 fully saturated rings. The van der Waals surface area contributed by atoms with E-state index in [0.29, 0.717) is 18.8 Å². The number of nitrogens with zero attached hydrogens (tertiary/aromatic N) is 2. The van der Waals surface area contributed by atoms with E-state index in [2.05, 4.69) is 11.6 Å². The van der Waals surface area contributed by atoms with Gasteiger partial charge in [-0.25, -0.2) is 0 Å². The quantitative estimate of drug-likeness (QED) is 0.815. The van der Waals surface area contributed by atoms with Crippen LogP contribution in [0, 0.1) is 0 Å². The Morgan fingerprint density at radius 3 is 2.65 bits per heavy atom. The van der Waals surface area contributed by atoms with Crippen molar-refractivity contribution in [1.29, 1.82) is 0 Å². The molecule has 1 aromatic carbocycles. The van der Waals surface area contributed by atoms with Crippen LogP contribution in [-0.4, -0.2) is 72.1 Å². The van der Waals surface area contributed by atoms with Gasteiger partial charge in [0.15, 0.2) is 6.61 Å². The van der Waals surface area contributed by atoms with Crippen LogP contribution in [0.5, 0.6) is 5.75 Å². The molecule has 2 heterocycles. The van der Waals surface area contributed by atoms with Crippen LogP contribution >= 0.6 is 11.8 Å². The highest BCUT2D eigenvalue weighted by atomic mass is 32.2. The Kier molecular flexibility index (Phi) is 6.09. The van der Waals surface area contributed by atoms with E-state index in [1.807, 2.05) is 47.2 Å². The molecular formula is C19H27N3O3S. The summed E-state index contributed by atoms with van der Waals surface area (Å²) >= 11 is 1.76. The molecular weight excluding hydrogens is 350 g/mol. The van der Waals surface area contributed by atoms with Gasteiger partial charge in [-0.15, -0.1) is 0 Å². The Labute approximate surface area is 159 Å². The van der Waals surface area contributed by atoms with E-state index in [4.69, 9.17) is 4.74 Å². The highest BCUT2D eigenvalue weighted by Gasteiger charge is 2.49. The number of ether oxygens (including phenoxy) is 1. The van der Waals surface area contributed by atoms with Crippen molar-refractivity contribution in [2.45, 2.75) is 31.0 Å². The minimum Gasteiger partial charge on any atom is -0.484 e. The first-order valence-electron chi connectivity index (χ1n) is 9.06. The Hall–Kier alpha value is -1.73. The third-order valence-corrected chi connectivity index (χ3v) is 6.02. The average Bonchev–Trinajstić information content (AvgIpc) is 2.90. The Balaban J connectivity index is 1.52. The fourth-order valence-electron chi connectivity index (χ4n) is 3.72. The monoisotopic (exact) mass is 377 g/mol. The predicted octanol–water partition coefficient (Wildman–Crippen LogP) is 1.57. The van der Waals surface area contributed by atoms with Crippen LogP contribution in [-0.2, 0) is 9.59 Å². The van der Waals surface area contributed by atoms with Gasteiger partial charge in [-0.2, -0.15) is 11.8 Å². The molecule has 0 radical (unpaired) electrons. The van der Waals surface area contributed by atoms with Crippen molar-refractivity contribution in [2.24, 2.45) is 0 Å². The standard InChI is InChI=1S/C19H27N3O3S/c1-21-18(24)16(8-13-26-2)20-19(21)9-11-22(12-10-19)17(23)14-25-15-6-4-3-5-7-15/h3-7,16,20H,8-14H2,1-2H3. The second kappa shape index (κ2) is 8.31. The van der Waals surface area contributed by atoms with Gasteiger partial charge in [0.05, 0.1) is 11.7 Å². The molecule has 2 aliphatic rings. The first kappa shape index (κ1) is 19.0. The molecule has 1 aromatic rings. The van der Waals surface area contributed by atoms with Crippen LogP contribution in [0.25, 0.3) is 0 Å². The maximum atomic E-state index is 12.5. The average molecular weight is 378 g/mol. The van der Waals surface area contributed by atoms with Crippen molar-refractivity contribution in [1.82, 2.24) is 15.1 Å². The second-order valence-corrected chi connectivity index (χ2v) is 7.88. The van der Waals surface area contributed by atoms with Crippen molar-refractivity contribution >= 4 is 23.6 Å². The van der Waals surface area contributed by atoms with Gasteiger partial charge in [-0.05, 0) is 30.6 Å². The first-order valence-corrected chi connectivity index (χ1v) is 10.4. The van der Waals surface area contributed by atoms with Crippen LogP contribution in [0.1, 0.15) is 19.3 Å². The molecule has 1 unspecified atom stereocenters. The number of benzene rings is 1. The molecule has 0 bridgehead atoms. The highest BCUT2D eigenvalue weighted by Crippen LogP contribution is 2.32. The molecule has 2 amide bonds. The van der Waals surface area contributed by atoms with Crippen LogP contribution in [0.4, 0.5) is 0 Å². The molecule has 1 atom stereocenters. The van der Waals surface area contributed by atoms with Gasteiger partial charge in [0.25, 0.3) is 5.91 Å². The number of nitrogens with one attached hydrogen (secondary N) is 1. The summed E-state index contributed by atoms with van der Waals surface area (Å²) in [5.41, 5.74) is -0.308. The fraction of sp³-hybridized carbons (Fsp3) is 0.579. The third kappa shape index (κ3) is 3.99. The zero-order chi connectivity index (χ0) is 18.6. The van der Waals surface area contributed by atoms with Gasteiger partial charge >= 0.3 is 0 Å². The van der Waals surface area contributed by atoms with Crippen molar-refractivity contribution < 1.29 is 14.3 Å². The molecule has 2 aliphatic heterocycles. The van der Waals surface area contributed by atoms with Crippen molar-refractivity contribution in [2.75, 3.05) is 38.8 Å². The maximum Gasteiger partial charge on any atom is 0.260 e. The predicted molar refractivity (Wildman–Crippen MR) is 103 cm³/mol. The lowest BCUT2D eigenvalue weighted by Gasteiger charge is -2.43. The van der Waals surface area contributed by atoms with E-state index < -0.39 is 0 Å². The summed E-state index contributed by atoms with van der Waals surface area (Å²) in [6, 6.07) is 9.27. The number of hydrogen-bond donors (Lipinski definition) is 1. The number of thioether (sulfide) groups is 1. The number of carbonyl (C=O) groups excluding carboxylic acids is 2. The summed E-state index contributed by atoms with van der Waals surface area (Å²) in [7, 11) is 1.88. The number of para-hydroxylation sites is 1. The number of amides is 2. The third-order valence-electron chi connectivity index (χ3n) is 5.37. The van der Waals surface area contributed by atoms with Crippen molar-refractivity contribution in [3.05, 3.63) is 30.3 Å². The summed E-state index contributed by atoms with van der Waals surface area (Å²) in [4.78, 5) is 28.6. The van der Waals surface area contributed by atoms with Crippen LogP contribution in [0.3, 0.4) is 0 Å². The number of hydrogen-bond acceptors (Lipinski definition) is 5. The molecule has 0 aliphatic carbocycles. The lowest BCUT2D eigenvalue weighted by Crippen LogP contribution is -2.58. The molecule has 0 saturated carbocycles. The molecule has 142 valence electrons. The molecule has 2 saturated heterocycles. The SMILES string of the molecule is CSCCC1NC2(CCN(C(=O)COc3ccccc3)CC2)N(C)C1=O. The smallest absolute Gasteiger partial charge is 0.260 e. The summed E-state index contributed by atoms with van der Waals surface area (Å²) in [5.74, 6) is 1.84. The van der Waals surface area contributed by atoms with E-state index in [-0.39, 0.29) is 30.1 Å². The largest absolute Gasteiger partial charge is 0.484 e. The molecule has 6 nitrogen and oxygen atoms in total. The Bertz CT molecular complexity index is 632. The van der Waals surface area contributed by atoms with Gasteiger partial charge < -0.3 is 14.5 Å². The summed E-state index contributed by atoms with van der Waals surface area (Å²) in [5, 5.41) is 3.55. The molecule has 7 heteroatoms. The Morgan fingerprint density at radius 2 is 2.00 bits per heavy atom. The number of rotatable bonds is 6. The highest BCUT2D eigenvalue weighted by molar-refractivity contribution is 7.98. The topological polar surface area (TPSA) is 61.9 Å².